The van der Waals surface area contributed by atoms with Crippen molar-refractivity contribution in [3.63, 3.8) is 0 Å². The summed E-state index contributed by atoms with van der Waals surface area (Å²) in [6.07, 6.45) is 20.3. The van der Waals surface area contributed by atoms with Gasteiger partial charge in [0.1, 0.15) is 0 Å². The molecule has 0 radical (unpaired) electrons. The van der Waals surface area contributed by atoms with Gasteiger partial charge in [0.15, 0.2) is 11.6 Å². The van der Waals surface area contributed by atoms with Crippen LogP contribution in [-0.4, -0.2) is 12.2 Å². The maximum absolute atomic E-state index is 13.0. The molecule has 0 heterocycles. The van der Waals surface area contributed by atoms with Gasteiger partial charge in [0.25, 0.3) is 0 Å². The first-order chi connectivity index (χ1) is 14.1. The molecule has 162 valence electrons. The zero-order valence-corrected chi connectivity index (χ0v) is 17.7. The van der Waals surface area contributed by atoms with Crippen LogP contribution in [0.1, 0.15) is 96.0 Å². The number of unbranched alkanes of at least 4 members (excludes halogenated alkanes) is 10. The van der Waals surface area contributed by atoms with E-state index in [-0.39, 0.29) is 0 Å². The molecule has 0 N–H and O–H groups in total. The van der Waals surface area contributed by atoms with Gasteiger partial charge in [-0.25, -0.2) is 13.6 Å². The van der Waals surface area contributed by atoms with Crippen molar-refractivity contribution in [3.8, 4) is 0 Å². The molecule has 3 nitrogen and oxygen atoms in total. The van der Waals surface area contributed by atoms with Crippen molar-refractivity contribution < 1.29 is 18.4 Å². The van der Waals surface area contributed by atoms with Crippen molar-refractivity contribution in [1.29, 1.82) is 0 Å². The van der Waals surface area contributed by atoms with Crippen molar-refractivity contribution in [2.45, 2.75) is 90.4 Å². The molecular formula is C24H35F2NO2. The number of benzene rings is 1. The van der Waals surface area contributed by atoms with Gasteiger partial charge in [-0.2, -0.15) is 0 Å². The molecule has 1 aromatic carbocycles. The third-order valence-corrected chi connectivity index (χ3v) is 4.69. The molecule has 0 aliphatic carbocycles. The standard InChI is InChI=1S/C24H35F2NO2/c1-2-3-4-5-6-7-8-9-10-11-12-13-14-15-16-24(28)29-27-20-21-17-18-22(25)23(26)19-21/h9-10,17-20H,2-8,11-16H2,1H3. The van der Waals surface area contributed by atoms with E-state index in [0.717, 1.165) is 44.2 Å². The maximum Gasteiger partial charge on any atom is 0.335 e. The predicted octanol–water partition coefficient (Wildman–Crippen LogP) is 7.49. The minimum absolute atomic E-state index is 0.309. The van der Waals surface area contributed by atoms with Gasteiger partial charge >= 0.3 is 5.97 Å². The van der Waals surface area contributed by atoms with Gasteiger partial charge in [0.05, 0.1) is 6.21 Å². The third kappa shape index (κ3) is 13.7. The minimum Gasteiger partial charge on any atom is -0.318 e. The number of allylic oxidation sites excluding steroid dienone is 2. The SMILES string of the molecule is CCCCCCCCC=CCCCCCCC(=O)ON=Cc1ccc(F)c(F)c1. The smallest absolute Gasteiger partial charge is 0.318 e. The summed E-state index contributed by atoms with van der Waals surface area (Å²) < 4.78 is 25.8. The van der Waals surface area contributed by atoms with Crippen molar-refractivity contribution in [1.82, 2.24) is 0 Å². The van der Waals surface area contributed by atoms with Crippen LogP contribution in [0.25, 0.3) is 0 Å². The molecule has 29 heavy (non-hydrogen) atoms. The molecule has 5 heteroatoms. The summed E-state index contributed by atoms with van der Waals surface area (Å²) in [6.45, 7) is 2.24. The van der Waals surface area contributed by atoms with Crippen molar-refractivity contribution in [2.24, 2.45) is 5.16 Å². The Morgan fingerprint density at radius 3 is 2.17 bits per heavy atom. The van der Waals surface area contributed by atoms with Gasteiger partial charge in [-0.05, 0) is 49.8 Å². The monoisotopic (exact) mass is 407 g/mol. The highest BCUT2D eigenvalue weighted by atomic mass is 19.2. The fourth-order valence-corrected chi connectivity index (χ4v) is 2.95. The van der Waals surface area contributed by atoms with Crippen molar-refractivity contribution >= 4 is 12.2 Å². The Bertz CT molecular complexity index is 629. The fourth-order valence-electron chi connectivity index (χ4n) is 2.95. The van der Waals surface area contributed by atoms with E-state index in [4.69, 9.17) is 4.84 Å². The van der Waals surface area contributed by atoms with Crippen LogP contribution in [0.3, 0.4) is 0 Å². The van der Waals surface area contributed by atoms with Crippen LogP contribution in [0.2, 0.25) is 0 Å². The van der Waals surface area contributed by atoms with Crippen LogP contribution < -0.4 is 0 Å². The van der Waals surface area contributed by atoms with E-state index >= 15 is 0 Å². The highest BCUT2D eigenvalue weighted by Crippen LogP contribution is 2.10. The van der Waals surface area contributed by atoms with Gasteiger partial charge in [0.2, 0.25) is 0 Å². The van der Waals surface area contributed by atoms with Crippen LogP contribution in [0.15, 0.2) is 35.5 Å². The van der Waals surface area contributed by atoms with Crippen LogP contribution in [0.5, 0.6) is 0 Å². The Balaban J connectivity index is 1.95. The Labute approximate surface area is 174 Å². The zero-order valence-electron chi connectivity index (χ0n) is 17.7. The van der Waals surface area contributed by atoms with Crippen molar-refractivity contribution in [3.05, 3.63) is 47.5 Å². The van der Waals surface area contributed by atoms with E-state index in [2.05, 4.69) is 24.2 Å². The summed E-state index contributed by atoms with van der Waals surface area (Å²) in [7, 11) is 0. The summed E-state index contributed by atoms with van der Waals surface area (Å²) in [5, 5.41) is 3.52. The van der Waals surface area contributed by atoms with Gasteiger partial charge in [0, 0.05) is 6.42 Å². The molecule has 0 amide bonds. The van der Waals surface area contributed by atoms with Gasteiger partial charge in [-0.3, -0.25) is 0 Å². The van der Waals surface area contributed by atoms with E-state index < -0.39 is 17.6 Å². The maximum atomic E-state index is 13.0. The van der Waals surface area contributed by atoms with Crippen LogP contribution in [0, 0.1) is 11.6 Å². The predicted molar refractivity (Wildman–Crippen MR) is 115 cm³/mol. The largest absolute Gasteiger partial charge is 0.335 e. The van der Waals surface area contributed by atoms with E-state index in [1.807, 2.05) is 0 Å². The number of carbonyl (C=O) groups excluding carboxylic acids is 1. The molecule has 0 saturated carbocycles. The molecule has 0 atom stereocenters. The van der Waals surface area contributed by atoms with E-state index in [9.17, 15) is 13.6 Å². The normalized spacial score (nSPS) is 11.6. The highest BCUT2D eigenvalue weighted by Gasteiger charge is 2.03. The molecule has 1 rings (SSSR count). The van der Waals surface area contributed by atoms with Crippen LogP contribution in [0.4, 0.5) is 8.78 Å². The average Bonchev–Trinajstić information content (AvgIpc) is 2.71. The lowest BCUT2D eigenvalue weighted by Crippen LogP contribution is -2.00. The number of halogens is 2. The van der Waals surface area contributed by atoms with Crippen LogP contribution in [-0.2, 0) is 9.63 Å². The minimum atomic E-state index is -0.961. The van der Waals surface area contributed by atoms with E-state index in [0.29, 0.717) is 12.0 Å². The number of hydrogen-bond donors (Lipinski definition) is 0. The topological polar surface area (TPSA) is 38.7 Å². The van der Waals surface area contributed by atoms with Gasteiger partial charge < -0.3 is 4.84 Å². The molecule has 0 bridgehead atoms. The summed E-state index contributed by atoms with van der Waals surface area (Å²) in [4.78, 5) is 16.3. The number of rotatable bonds is 16. The molecule has 0 aromatic heterocycles. The van der Waals surface area contributed by atoms with Crippen LogP contribution >= 0.6 is 0 Å². The number of hydrogen-bond acceptors (Lipinski definition) is 3. The summed E-state index contributed by atoms with van der Waals surface area (Å²) in [6, 6.07) is 3.36. The summed E-state index contributed by atoms with van der Waals surface area (Å²) in [5.74, 6) is -2.30. The molecule has 0 fully saturated rings. The molecular weight excluding hydrogens is 372 g/mol. The molecule has 0 aliphatic rings. The number of nitrogens with zero attached hydrogens (tertiary/aromatic N) is 1. The lowest BCUT2D eigenvalue weighted by atomic mass is 10.1. The molecule has 0 saturated heterocycles. The Morgan fingerprint density at radius 1 is 0.897 bits per heavy atom. The second-order valence-corrected chi connectivity index (χ2v) is 7.35. The first-order valence-corrected chi connectivity index (χ1v) is 11.0. The van der Waals surface area contributed by atoms with Gasteiger partial charge in [-0.15, -0.1) is 0 Å². The zero-order chi connectivity index (χ0) is 21.2. The lowest BCUT2D eigenvalue weighted by Gasteiger charge is -2.00. The number of carbonyl (C=O) groups is 1. The number of oxime groups is 1. The Hall–Kier alpha value is -2.04. The first kappa shape index (κ1) is 25.0. The lowest BCUT2D eigenvalue weighted by molar-refractivity contribution is -0.143. The van der Waals surface area contributed by atoms with E-state index in [1.165, 1.54) is 57.2 Å². The molecule has 0 unspecified atom stereocenters. The molecule has 0 aliphatic heterocycles. The summed E-state index contributed by atoms with van der Waals surface area (Å²) >= 11 is 0. The highest BCUT2D eigenvalue weighted by molar-refractivity contribution is 5.80. The Morgan fingerprint density at radius 2 is 1.52 bits per heavy atom. The average molecular weight is 408 g/mol. The molecule has 0 spiro atoms. The van der Waals surface area contributed by atoms with Crippen molar-refractivity contribution in [2.75, 3.05) is 0 Å². The quantitative estimate of drug-likeness (QED) is 0.0936. The second kappa shape index (κ2) is 16.9. The Kier molecular flexibility index (Phi) is 14.5. The summed E-state index contributed by atoms with van der Waals surface area (Å²) in [5.41, 5.74) is 0.334. The first-order valence-electron chi connectivity index (χ1n) is 11.0. The second-order valence-electron chi connectivity index (χ2n) is 7.35. The third-order valence-electron chi connectivity index (χ3n) is 4.69. The molecule has 1 aromatic rings. The van der Waals surface area contributed by atoms with E-state index in [1.54, 1.807) is 0 Å². The van der Waals surface area contributed by atoms with Gasteiger partial charge in [-0.1, -0.05) is 75.2 Å². The fraction of sp³-hybridized carbons (Fsp3) is 0.583.